The zero-order chi connectivity index (χ0) is 12.5. The van der Waals surface area contributed by atoms with E-state index in [9.17, 15) is 0 Å². The Hall–Kier alpha value is -1.42. The summed E-state index contributed by atoms with van der Waals surface area (Å²) in [6.45, 7) is 7.68. The van der Waals surface area contributed by atoms with Crippen molar-refractivity contribution in [2.45, 2.75) is 32.7 Å². The van der Waals surface area contributed by atoms with E-state index in [0.717, 1.165) is 25.2 Å². The monoisotopic (exact) mass is 244 g/mol. The van der Waals surface area contributed by atoms with Crippen LogP contribution in [-0.4, -0.2) is 27.6 Å². The van der Waals surface area contributed by atoms with Gasteiger partial charge < -0.3 is 9.88 Å². The molecule has 0 bridgehead atoms. The number of nitrogens with one attached hydrogen (secondary N) is 1. The fourth-order valence-electron chi connectivity index (χ4n) is 2.73. The van der Waals surface area contributed by atoms with Crippen molar-refractivity contribution in [2.24, 2.45) is 5.92 Å². The Bertz CT molecular complexity index is 538. The Morgan fingerprint density at radius 2 is 2.39 bits per heavy atom. The van der Waals surface area contributed by atoms with Crippen LogP contribution in [0.2, 0.25) is 0 Å². The summed E-state index contributed by atoms with van der Waals surface area (Å²) in [6, 6.07) is 2.01. The Morgan fingerprint density at radius 1 is 1.50 bits per heavy atom. The molecule has 1 aliphatic rings. The minimum Gasteiger partial charge on any atom is -0.326 e. The summed E-state index contributed by atoms with van der Waals surface area (Å²) >= 11 is 0. The summed E-state index contributed by atoms with van der Waals surface area (Å²) in [7, 11) is 0. The summed E-state index contributed by atoms with van der Waals surface area (Å²) in [5.74, 6) is 2.41. The fraction of sp³-hybridized carbons (Fsp3) is 0.571. The third-order valence-corrected chi connectivity index (χ3v) is 3.55. The van der Waals surface area contributed by atoms with Crippen molar-refractivity contribution in [3.05, 3.63) is 24.3 Å². The largest absolute Gasteiger partial charge is 0.326 e. The van der Waals surface area contributed by atoms with Gasteiger partial charge in [-0.15, -0.1) is 0 Å². The quantitative estimate of drug-likeness (QED) is 0.899. The van der Waals surface area contributed by atoms with Gasteiger partial charge in [0, 0.05) is 25.2 Å². The van der Waals surface area contributed by atoms with Crippen molar-refractivity contribution in [3.63, 3.8) is 0 Å². The number of pyridine rings is 1. The lowest BCUT2D eigenvalue weighted by atomic mass is 10.1. The predicted octanol–water partition coefficient (Wildman–Crippen LogP) is 2.16. The summed E-state index contributed by atoms with van der Waals surface area (Å²) in [5, 5.41) is 3.43. The van der Waals surface area contributed by atoms with Crippen LogP contribution in [-0.2, 0) is 6.54 Å². The number of rotatable bonds is 3. The van der Waals surface area contributed by atoms with E-state index in [2.05, 4.69) is 28.7 Å². The van der Waals surface area contributed by atoms with Gasteiger partial charge >= 0.3 is 0 Å². The van der Waals surface area contributed by atoms with Gasteiger partial charge in [-0.3, -0.25) is 4.98 Å². The van der Waals surface area contributed by atoms with Gasteiger partial charge in [-0.05, 0) is 24.9 Å². The standard InChI is InChI=1S/C14H20N4/c1-10(2)9-18-13-8-16-6-4-12(13)17-14(18)11-3-5-15-7-11/h4,6,8,10-11,15H,3,5,7,9H2,1-2H3. The Labute approximate surface area is 107 Å². The average molecular weight is 244 g/mol. The Kier molecular flexibility index (Phi) is 3.04. The molecule has 0 saturated carbocycles. The molecule has 1 unspecified atom stereocenters. The van der Waals surface area contributed by atoms with Crippen LogP contribution in [0.15, 0.2) is 18.5 Å². The van der Waals surface area contributed by atoms with E-state index in [1.807, 2.05) is 18.5 Å². The first-order valence-corrected chi connectivity index (χ1v) is 6.76. The maximum atomic E-state index is 4.83. The van der Waals surface area contributed by atoms with Crippen molar-refractivity contribution < 1.29 is 0 Å². The molecule has 96 valence electrons. The van der Waals surface area contributed by atoms with E-state index < -0.39 is 0 Å². The van der Waals surface area contributed by atoms with Gasteiger partial charge in [0.05, 0.1) is 17.2 Å². The molecule has 0 aromatic carbocycles. The van der Waals surface area contributed by atoms with Crippen LogP contribution < -0.4 is 5.32 Å². The van der Waals surface area contributed by atoms with E-state index >= 15 is 0 Å². The second-order valence-corrected chi connectivity index (χ2v) is 5.53. The summed E-state index contributed by atoms with van der Waals surface area (Å²) in [5.41, 5.74) is 2.25. The molecule has 0 spiro atoms. The number of nitrogens with zero attached hydrogens (tertiary/aromatic N) is 3. The van der Waals surface area contributed by atoms with Crippen LogP contribution in [0.5, 0.6) is 0 Å². The number of hydrogen-bond donors (Lipinski definition) is 1. The molecule has 18 heavy (non-hydrogen) atoms. The van der Waals surface area contributed by atoms with Crippen molar-refractivity contribution >= 4 is 11.0 Å². The predicted molar refractivity (Wildman–Crippen MR) is 72.6 cm³/mol. The average Bonchev–Trinajstić information content (AvgIpc) is 2.96. The maximum Gasteiger partial charge on any atom is 0.114 e. The Balaban J connectivity index is 2.10. The fourth-order valence-corrected chi connectivity index (χ4v) is 2.73. The summed E-state index contributed by atoms with van der Waals surface area (Å²) in [6.07, 6.45) is 4.96. The molecular weight excluding hydrogens is 224 g/mol. The second kappa shape index (κ2) is 4.69. The van der Waals surface area contributed by atoms with Crippen molar-refractivity contribution in [1.82, 2.24) is 19.9 Å². The van der Waals surface area contributed by atoms with Gasteiger partial charge in [0.15, 0.2) is 0 Å². The molecular formula is C14H20N4. The lowest BCUT2D eigenvalue weighted by molar-refractivity contribution is 0.501. The summed E-state index contributed by atoms with van der Waals surface area (Å²) < 4.78 is 2.37. The lowest BCUT2D eigenvalue weighted by Crippen LogP contribution is -2.14. The number of fused-ring (bicyclic) bond motifs is 1. The topological polar surface area (TPSA) is 42.7 Å². The van der Waals surface area contributed by atoms with Gasteiger partial charge in [0.1, 0.15) is 5.82 Å². The van der Waals surface area contributed by atoms with Crippen LogP contribution in [0.1, 0.15) is 32.0 Å². The van der Waals surface area contributed by atoms with Crippen LogP contribution in [0.3, 0.4) is 0 Å². The van der Waals surface area contributed by atoms with E-state index in [1.165, 1.54) is 17.8 Å². The number of aromatic nitrogens is 3. The third kappa shape index (κ3) is 2.01. The first-order valence-electron chi connectivity index (χ1n) is 6.76. The van der Waals surface area contributed by atoms with Gasteiger partial charge in [-0.25, -0.2) is 4.98 Å². The zero-order valence-electron chi connectivity index (χ0n) is 11.1. The molecule has 1 N–H and O–H groups in total. The SMILES string of the molecule is CC(C)Cn1c(C2CCNC2)nc2ccncc21. The molecule has 1 saturated heterocycles. The minimum absolute atomic E-state index is 0.552. The van der Waals surface area contributed by atoms with Crippen molar-refractivity contribution in [3.8, 4) is 0 Å². The highest BCUT2D eigenvalue weighted by Crippen LogP contribution is 2.26. The molecule has 1 atom stereocenters. The first-order chi connectivity index (χ1) is 8.75. The molecule has 0 aliphatic carbocycles. The molecule has 4 heteroatoms. The van der Waals surface area contributed by atoms with Crippen molar-refractivity contribution in [1.29, 1.82) is 0 Å². The molecule has 1 aliphatic heterocycles. The minimum atomic E-state index is 0.552. The van der Waals surface area contributed by atoms with Gasteiger partial charge in [-0.1, -0.05) is 13.8 Å². The van der Waals surface area contributed by atoms with E-state index in [-0.39, 0.29) is 0 Å². The molecule has 2 aromatic heterocycles. The van der Waals surface area contributed by atoms with Crippen LogP contribution >= 0.6 is 0 Å². The molecule has 3 rings (SSSR count). The lowest BCUT2D eigenvalue weighted by Gasteiger charge is -2.14. The highest BCUT2D eigenvalue weighted by atomic mass is 15.1. The Morgan fingerprint density at radius 3 is 3.11 bits per heavy atom. The van der Waals surface area contributed by atoms with Crippen LogP contribution in [0.4, 0.5) is 0 Å². The maximum absolute atomic E-state index is 4.83. The van der Waals surface area contributed by atoms with Gasteiger partial charge in [-0.2, -0.15) is 0 Å². The summed E-state index contributed by atoms with van der Waals surface area (Å²) in [4.78, 5) is 9.08. The smallest absolute Gasteiger partial charge is 0.114 e. The van der Waals surface area contributed by atoms with E-state index in [1.54, 1.807) is 0 Å². The highest BCUT2D eigenvalue weighted by Gasteiger charge is 2.23. The normalized spacial score (nSPS) is 20.1. The first kappa shape index (κ1) is 11.7. The molecule has 4 nitrogen and oxygen atoms in total. The van der Waals surface area contributed by atoms with Crippen molar-refractivity contribution in [2.75, 3.05) is 13.1 Å². The number of imidazole rings is 1. The highest BCUT2D eigenvalue weighted by molar-refractivity contribution is 5.74. The molecule has 0 amide bonds. The zero-order valence-corrected chi connectivity index (χ0v) is 11.1. The molecule has 3 heterocycles. The third-order valence-electron chi connectivity index (χ3n) is 3.55. The number of hydrogen-bond acceptors (Lipinski definition) is 3. The van der Waals surface area contributed by atoms with E-state index in [4.69, 9.17) is 4.98 Å². The molecule has 1 fully saturated rings. The van der Waals surface area contributed by atoms with Gasteiger partial charge in [0.2, 0.25) is 0 Å². The molecule has 0 radical (unpaired) electrons. The van der Waals surface area contributed by atoms with Gasteiger partial charge in [0.25, 0.3) is 0 Å². The van der Waals surface area contributed by atoms with Crippen LogP contribution in [0.25, 0.3) is 11.0 Å². The second-order valence-electron chi connectivity index (χ2n) is 5.53. The van der Waals surface area contributed by atoms with Crippen LogP contribution in [0, 0.1) is 5.92 Å². The molecule has 2 aromatic rings. The van der Waals surface area contributed by atoms with E-state index in [0.29, 0.717) is 11.8 Å².